The Kier molecular flexibility index (Phi) is 4.89. The first-order chi connectivity index (χ1) is 11.7. The molecule has 1 N–H and O–H groups in total. The normalized spacial score (nSPS) is 16.8. The van der Waals surface area contributed by atoms with Crippen LogP contribution in [0.1, 0.15) is 6.42 Å². The van der Waals surface area contributed by atoms with Gasteiger partial charge in [0.25, 0.3) is 10.0 Å². The lowest BCUT2D eigenvalue weighted by molar-refractivity contribution is 0.417. The van der Waals surface area contributed by atoms with Gasteiger partial charge in [0.05, 0.1) is 28.6 Å². The van der Waals surface area contributed by atoms with Crippen molar-refractivity contribution in [1.82, 2.24) is 0 Å². The van der Waals surface area contributed by atoms with Crippen LogP contribution in [0.2, 0.25) is 4.34 Å². The average Bonchev–Trinajstić information content (AvgIpc) is 3.12. The Labute approximate surface area is 155 Å². The summed E-state index contributed by atoms with van der Waals surface area (Å²) in [6.45, 7) is 0.362. The zero-order chi connectivity index (χ0) is 18.2. The first kappa shape index (κ1) is 18.3. The molecule has 0 unspecified atom stereocenters. The molecule has 1 aromatic heterocycles. The van der Waals surface area contributed by atoms with Crippen LogP contribution in [0, 0.1) is 0 Å². The molecule has 0 saturated carbocycles. The summed E-state index contributed by atoms with van der Waals surface area (Å²) in [5, 5.41) is 0. The number of halogens is 1. The largest absolute Gasteiger partial charge is 0.495 e. The molecule has 0 radical (unpaired) electrons. The minimum atomic E-state index is -3.86. The molecule has 11 heteroatoms. The second kappa shape index (κ2) is 6.67. The zero-order valence-corrected chi connectivity index (χ0v) is 16.3. The van der Waals surface area contributed by atoms with Crippen molar-refractivity contribution in [3.63, 3.8) is 0 Å². The molecule has 2 aromatic rings. The maximum atomic E-state index is 12.5. The van der Waals surface area contributed by atoms with Crippen LogP contribution in [0.25, 0.3) is 0 Å². The minimum absolute atomic E-state index is 0.0544. The van der Waals surface area contributed by atoms with Gasteiger partial charge < -0.3 is 4.74 Å². The van der Waals surface area contributed by atoms with Gasteiger partial charge in [-0.3, -0.25) is 9.03 Å². The van der Waals surface area contributed by atoms with E-state index < -0.39 is 20.0 Å². The fourth-order valence-electron chi connectivity index (χ4n) is 2.50. The number of methoxy groups -OCH3 is 1. The van der Waals surface area contributed by atoms with Crippen LogP contribution in [0.3, 0.4) is 0 Å². The summed E-state index contributed by atoms with van der Waals surface area (Å²) in [5.74, 6) is 0.361. The maximum Gasteiger partial charge on any atom is 0.271 e. The summed E-state index contributed by atoms with van der Waals surface area (Å²) < 4.78 is 58.4. The zero-order valence-electron chi connectivity index (χ0n) is 13.1. The number of nitrogens with zero attached hydrogens (tertiary/aromatic N) is 1. The van der Waals surface area contributed by atoms with Crippen molar-refractivity contribution < 1.29 is 21.6 Å². The quantitative estimate of drug-likeness (QED) is 0.799. The molecule has 1 fully saturated rings. The van der Waals surface area contributed by atoms with Crippen LogP contribution in [-0.4, -0.2) is 36.2 Å². The van der Waals surface area contributed by atoms with Crippen LogP contribution in [-0.2, 0) is 20.0 Å². The Balaban J connectivity index is 1.99. The van der Waals surface area contributed by atoms with Gasteiger partial charge in [-0.05, 0) is 36.8 Å². The SMILES string of the molecule is COc1ccc(N2CCCS2(=O)=O)cc1NS(=O)(=O)c1ccc(Cl)s1. The van der Waals surface area contributed by atoms with Crippen molar-refractivity contribution >= 4 is 54.4 Å². The predicted octanol–water partition coefficient (Wildman–Crippen LogP) is 2.75. The number of hydrogen-bond donors (Lipinski definition) is 1. The number of benzene rings is 1. The van der Waals surface area contributed by atoms with E-state index in [2.05, 4.69) is 4.72 Å². The number of rotatable bonds is 5. The van der Waals surface area contributed by atoms with Crippen molar-refractivity contribution in [2.75, 3.05) is 28.4 Å². The Morgan fingerprint density at radius 2 is 2.04 bits per heavy atom. The van der Waals surface area contributed by atoms with Crippen LogP contribution in [0.15, 0.2) is 34.5 Å². The van der Waals surface area contributed by atoms with Gasteiger partial charge in [0, 0.05) is 6.54 Å². The number of ether oxygens (including phenoxy) is 1. The summed E-state index contributed by atoms with van der Waals surface area (Å²) in [7, 11) is -5.82. The molecular formula is C14H15ClN2O5S3. The van der Waals surface area contributed by atoms with Crippen molar-refractivity contribution in [3.05, 3.63) is 34.7 Å². The standard InChI is InChI=1S/C14H15ClN2O5S3/c1-22-12-4-3-10(17-7-2-8-24(17,18)19)9-11(12)16-25(20,21)14-6-5-13(15)23-14/h3-6,9,16H,2,7-8H2,1H3. The number of anilines is 2. The van der Waals surface area contributed by atoms with E-state index in [-0.39, 0.29) is 21.4 Å². The van der Waals surface area contributed by atoms with E-state index in [9.17, 15) is 16.8 Å². The molecule has 136 valence electrons. The Bertz CT molecular complexity index is 1000. The lowest BCUT2D eigenvalue weighted by Crippen LogP contribution is -2.25. The fraction of sp³-hybridized carbons (Fsp3) is 0.286. The van der Waals surface area contributed by atoms with Crippen molar-refractivity contribution in [2.45, 2.75) is 10.6 Å². The molecular weight excluding hydrogens is 408 g/mol. The van der Waals surface area contributed by atoms with Crippen LogP contribution in [0.5, 0.6) is 5.75 Å². The predicted molar refractivity (Wildman–Crippen MR) is 98.9 cm³/mol. The molecule has 0 aliphatic carbocycles. The number of hydrogen-bond acceptors (Lipinski definition) is 6. The van der Waals surface area contributed by atoms with Crippen molar-refractivity contribution in [2.24, 2.45) is 0 Å². The van der Waals surface area contributed by atoms with Crippen LogP contribution in [0.4, 0.5) is 11.4 Å². The number of nitrogens with one attached hydrogen (secondary N) is 1. The lowest BCUT2D eigenvalue weighted by Gasteiger charge is -2.19. The monoisotopic (exact) mass is 422 g/mol. The first-order valence-corrected chi connectivity index (χ1v) is 11.5. The highest BCUT2D eigenvalue weighted by Crippen LogP contribution is 2.35. The van der Waals surface area contributed by atoms with Gasteiger partial charge in [0.15, 0.2) is 0 Å². The lowest BCUT2D eigenvalue weighted by atomic mass is 10.2. The third-order valence-electron chi connectivity index (χ3n) is 3.63. The van der Waals surface area contributed by atoms with E-state index in [1.165, 1.54) is 35.7 Å². The molecule has 0 atom stereocenters. The molecule has 7 nitrogen and oxygen atoms in total. The Morgan fingerprint density at radius 3 is 2.60 bits per heavy atom. The molecule has 1 aliphatic heterocycles. The van der Waals surface area contributed by atoms with Crippen LogP contribution >= 0.6 is 22.9 Å². The molecule has 1 aliphatic rings. The third kappa shape index (κ3) is 3.71. The minimum Gasteiger partial charge on any atom is -0.495 e. The number of sulfonamides is 2. The van der Waals surface area contributed by atoms with E-state index in [0.29, 0.717) is 23.0 Å². The highest BCUT2D eigenvalue weighted by molar-refractivity contribution is 7.94. The molecule has 3 rings (SSSR count). The third-order valence-corrected chi connectivity index (χ3v) is 8.59. The van der Waals surface area contributed by atoms with Crippen molar-refractivity contribution in [3.8, 4) is 5.75 Å². The maximum absolute atomic E-state index is 12.5. The van der Waals surface area contributed by atoms with Gasteiger partial charge in [-0.15, -0.1) is 11.3 Å². The van der Waals surface area contributed by atoms with Gasteiger partial charge in [-0.1, -0.05) is 11.6 Å². The summed E-state index contributed by atoms with van der Waals surface area (Å²) in [4.78, 5) is 0. The molecule has 0 spiro atoms. The summed E-state index contributed by atoms with van der Waals surface area (Å²) in [6.07, 6.45) is 0.531. The van der Waals surface area contributed by atoms with Gasteiger partial charge >= 0.3 is 0 Å². The Hall–Kier alpha value is -1.49. The molecule has 1 saturated heterocycles. The second-order valence-corrected chi connectivity index (χ2v) is 10.9. The van der Waals surface area contributed by atoms with E-state index >= 15 is 0 Å². The summed E-state index contributed by atoms with van der Waals surface area (Å²) in [6, 6.07) is 7.46. The Morgan fingerprint density at radius 1 is 1.28 bits per heavy atom. The van der Waals surface area contributed by atoms with Crippen LogP contribution < -0.4 is 13.8 Å². The van der Waals surface area contributed by atoms with Gasteiger partial charge in [0.2, 0.25) is 10.0 Å². The molecule has 0 amide bonds. The highest BCUT2D eigenvalue weighted by Gasteiger charge is 2.29. The number of thiophene rings is 1. The smallest absolute Gasteiger partial charge is 0.271 e. The van der Waals surface area contributed by atoms with Gasteiger partial charge in [-0.25, -0.2) is 16.8 Å². The van der Waals surface area contributed by atoms with E-state index in [1.54, 1.807) is 6.07 Å². The molecule has 2 heterocycles. The van der Waals surface area contributed by atoms with E-state index in [4.69, 9.17) is 16.3 Å². The van der Waals surface area contributed by atoms with E-state index in [1.807, 2.05) is 0 Å². The average molecular weight is 423 g/mol. The summed E-state index contributed by atoms with van der Waals surface area (Å²) >= 11 is 6.72. The summed E-state index contributed by atoms with van der Waals surface area (Å²) in [5.41, 5.74) is 0.548. The second-order valence-electron chi connectivity index (χ2n) is 5.29. The first-order valence-electron chi connectivity index (χ1n) is 7.19. The topological polar surface area (TPSA) is 92.8 Å². The molecule has 0 bridgehead atoms. The van der Waals surface area contributed by atoms with Crippen molar-refractivity contribution in [1.29, 1.82) is 0 Å². The highest BCUT2D eigenvalue weighted by atomic mass is 35.5. The fourth-order valence-corrected chi connectivity index (χ4v) is 6.60. The molecule has 1 aromatic carbocycles. The van der Waals surface area contributed by atoms with Gasteiger partial charge in [0.1, 0.15) is 9.96 Å². The van der Waals surface area contributed by atoms with E-state index in [0.717, 1.165) is 11.3 Å². The molecule has 25 heavy (non-hydrogen) atoms. The van der Waals surface area contributed by atoms with Gasteiger partial charge in [-0.2, -0.15) is 0 Å².